The third-order valence-corrected chi connectivity index (χ3v) is 4.30. The van der Waals surface area contributed by atoms with Crippen molar-refractivity contribution in [3.8, 4) is 0 Å². The minimum absolute atomic E-state index is 0.180. The fourth-order valence-corrected chi connectivity index (χ4v) is 3.11. The lowest BCUT2D eigenvalue weighted by molar-refractivity contribution is 0.189. The van der Waals surface area contributed by atoms with Crippen molar-refractivity contribution in [1.29, 1.82) is 0 Å². The molecule has 1 aromatic carbocycles. The van der Waals surface area contributed by atoms with Crippen LogP contribution in [0.2, 0.25) is 0 Å². The average Bonchev–Trinajstić information content (AvgIpc) is 2.49. The fraction of sp³-hybridized carbons (Fsp3) is 0.529. The lowest BCUT2D eigenvalue weighted by Crippen LogP contribution is -2.51. The molecule has 1 aliphatic rings. The van der Waals surface area contributed by atoms with Crippen molar-refractivity contribution in [3.63, 3.8) is 0 Å². The van der Waals surface area contributed by atoms with E-state index in [4.69, 9.17) is 17.2 Å². The molecule has 2 atom stereocenters. The molecule has 0 aromatic heterocycles. The van der Waals surface area contributed by atoms with E-state index in [1.54, 1.807) is 0 Å². The highest BCUT2D eigenvalue weighted by Crippen LogP contribution is 2.22. The summed E-state index contributed by atoms with van der Waals surface area (Å²) in [5.41, 5.74) is 19.6. The van der Waals surface area contributed by atoms with Gasteiger partial charge in [0.25, 0.3) is 0 Å². The highest BCUT2D eigenvalue weighted by atomic mass is 15.3. The number of hydrogen-bond acceptors (Lipinski definition) is 2. The fourth-order valence-electron chi connectivity index (χ4n) is 3.11. The van der Waals surface area contributed by atoms with Crippen LogP contribution in [0.1, 0.15) is 38.7 Å². The summed E-state index contributed by atoms with van der Waals surface area (Å²) in [4.78, 5) is 10.7. The van der Waals surface area contributed by atoms with Gasteiger partial charge in [0.2, 0.25) is 5.96 Å². The molecule has 23 heavy (non-hydrogen) atoms. The number of rotatable bonds is 3. The highest BCUT2D eigenvalue weighted by molar-refractivity contribution is 5.94. The number of likely N-dealkylation sites (tertiary alicyclic amines) is 1. The van der Waals surface area contributed by atoms with E-state index in [0.29, 0.717) is 24.6 Å². The first-order chi connectivity index (χ1) is 11.0. The van der Waals surface area contributed by atoms with Crippen molar-refractivity contribution in [1.82, 2.24) is 4.90 Å². The standard InChI is InChI=1S/C17H28N6/c1-12-4-3-5-13(2)23(12)17(20)22-16(19)21-15-8-6-14(7-9-15)10-11-18/h6-9,12-13H,3-5,10-11,18H2,1-2H3,(H4,19,20,21,22)/t12-,13+. The first kappa shape index (κ1) is 17.3. The van der Waals surface area contributed by atoms with Crippen LogP contribution in [0.3, 0.4) is 0 Å². The molecule has 1 fully saturated rings. The molecule has 2 rings (SSSR count). The molecule has 6 N–H and O–H groups in total. The number of nitrogens with zero attached hydrogens (tertiary/aromatic N) is 3. The Morgan fingerprint density at radius 1 is 1.13 bits per heavy atom. The quantitative estimate of drug-likeness (QED) is 0.583. The Kier molecular flexibility index (Phi) is 5.98. The third-order valence-electron chi connectivity index (χ3n) is 4.30. The Hall–Kier alpha value is -2.08. The summed E-state index contributed by atoms with van der Waals surface area (Å²) in [6.07, 6.45) is 4.33. The Labute approximate surface area is 138 Å². The summed E-state index contributed by atoms with van der Waals surface area (Å²) in [6.45, 7) is 4.97. The molecule has 0 radical (unpaired) electrons. The van der Waals surface area contributed by atoms with Gasteiger partial charge in [-0.3, -0.25) is 0 Å². The maximum absolute atomic E-state index is 6.15. The predicted molar refractivity (Wildman–Crippen MR) is 96.7 cm³/mol. The van der Waals surface area contributed by atoms with Gasteiger partial charge >= 0.3 is 0 Å². The van der Waals surface area contributed by atoms with Gasteiger partial charge in [-0.05, 0) is 63.8 Å². The molecule has 6 nitrogen and oxygen atoms in total. The summed E-state index contributed by atoms with van der Waals surface area (Å²) < 4.78 is 0. The van der Waals surface area contributed by atoms with Crippen molar-refractivity contribution in [2.24, 2.45) is 27.2 Å². The summed E-state index contributed by atoms with van der Waals surface area (Å²) in [6, 6.07) is 8.59. The van der Waals surface area contributed by atoms with Gasteiger partial charge in [-0.2, -0.15) is 4.99 Å². The van der Waals surface area contributed by atoms with E-state index in [2.05, 4.69) is 28.7 Å². The van der Waals surface area contributed by atoms with Gasteiger partial charge < -0.3 is 22.1 Å². The molecule has 0 unspecified atom stereocenters. The van der Waals surface area contributed by atoms with Gasteiger partial charge in [0, 0.05) is 12.1 Å². The second-order valence-corrected chi connectivity index (χ2v) is 6.18. The van der Waals surface area contributed by atoms with Crippen LogP contribution in [0.25, 0.3) is 0 Å². The number of aliphatic imine (C=N–C) groups is 2. The predicted octanol–water partition coefficient (Wildman–Crippen LogP) is 1.71. The summed E-state index contributed by atoms with van der Waals surface area (Å²) >= 11 is 0. The van der Waals surface area contributed by atoms with Crippen molar-refractivity contribution < 1.29 is 0 Å². The van der Waals surface area contributed by atoms with Crippen molar-refractivity contribution in [3.05, 3.63) is 29.8 Å². The van der Waals surface area contributed by atoms with Crippen LogP contribution < -0.4 is 17.2 Å². The molecular formula is C17H28N6. The van der Waals surface area contributed by atoms with Crippen LogP contribution in [0.5, 0.6) is 0 Å². The Bertz CT molecular complexity index is 553. The Morgan fingerprint density at radius 2 is 1.74 bits per heavy atom. The second kappa shape index (κ2) is 7.97. The molecule has 1 heterocycles. The molecule has 6 heteroatoms. The molecular weight excluding hydrogens is 288 g/mol. The minimum atomic E-state index is 0.180. The molecule has 0 saturated carbocycles. The molecule has 0 bridgehead atoms. The van der Waals surface area contributed by atoms with Gasteiger partial charge in [-0.15, -0.1) is 0 Å². The number of guanidine groups is 2. The number of hydrogen-bond donors (Lipinski definition) is 3. The molecule has 1 aromatic rings. The molecule has 1 aliphatic heterocycles. The largest absolute Gasteiger partial charge is 0.369 e. The van der Waals surface area contributed by atoms with Crippen molar-refractivity contribution in [2.45, 2.75) is 51.6 Å². The minimum Gasteiger partial charge on any atom is -0.369 e. The van der Waals surface area contributed by atoms with Crippen LogP contribution in [0, 0.1) is 0 Å². The van der Waals surface area contributed by atoms with Crippen molar-refractivity contribution >= 4 is 17.6 Å². The molecule has 126 valence electrons. The van der Waals surface area contributed by atoms with E-state index in [1.807, 2.05) is 24.3 Å². The van der Waals surface area contributed by atoms with E-state index in [0.717, 1.165) is 24.9 Å². The van der Waals surface area contributed by atoms with E-state index >= 15 is 0 Å². The topological polar surface area (TPSA) is 106 Å². The highest BCUT2D eigenvalue weighted by Gasteiger charge is 2.26. The molecule has 1 saturated heterocycles. The first-order valence-electron chi connectivity index (χ1n) is 8.27. The zero-order valence-electron chi connectivity index (χ0n) is 14.1. The second-order valence-electron chi connectivity index (χ2n) is 6.18. The molecule has 0 spiro atoms. The number of nitrogens with two attached hydrogens (primary N) is 3. The summed E-state index contributed by atoms with van der Waals surface area (Å²) in [5, 5.41) is 0. The van der Waals surface area contributed by atoms with Crippen LogP contribution in [0.4, 0.5) is 5.69 Å². The van der Waals surface area contributed by atoms with E-state index in [1.165, 1.54) is 12.0 Å². The van der Waals surface area contributed by atoms with Gasteiger partial charge in [0.1, 0.15) is 0 Å². The average molecular weight is 316 g/mol. The van der Waals surface area contributed by atoms with Crippen LogP contribution in [0.15, 0.2) is 34.3 Å². The maximum atomic E-state index is 6.15. The third kappa shape index (κ3) is 4.69. The zero-order chi connectivity index (χ0) is 16.8. The van der Waals surface area contributed by atoms with Crippen LogP contribution in [-0.2, 0) is 6.42 Å². The Balaban J connectivity index is 2.10. The van der Waals surface area contributed by atoms with E-state index in [-0.39, 0.29) is 5.96 Å². The van der Waals surface area contributed by atoms with E-state index in [9.17, 15) is 0 Å². The normalized spacial score (nSPS) is 23.2. The maximum Gasteiger partial charge on any atom is 0.223 e. The Morgan fingerprint density at radius 3 is 2.30 bits per heavy atom. The van der Waals surface area contributed by atoms with Gasteiger partial charge in [-0.25, -0.2) is 4.99 Å². The SMILES string of the molecule is C[C@@H]1CCC[C@H](C)N1C(N)=NC(N)=Nc1ccc(CCN)cc1. The number of benzene rings is 1. The zero-order valence-corrected chi connectivity index (χ0v) is 14.1. The first-order valence-corrected chi connectivity index (χ1v) is 8.27. The lowest BCUT2D eigenvalue weighted by atomic mass is 9.98. The van der Waals surface area contributed by atoms with Gasteiger partial charge in [-0.1, -0.05) is 12.1 Å². The monoisotopic (exact) mass is 316 g/mol. The molecule has 0 amide bonds. The van der Waals surface area contributed by atoms with Gasteiger partial charge in [0.05, 0.1) is 5.69 Å². The molecule has 0 aliphatic carbocycles. The van der Waals surface area contributed by atoms with Crippen LogP contribution in [-0.4, -0.2) is 35.4 Å². The van der Waals surface area contributed by atoms with Crippen molar-refractivity contribution in [2.75, 3.05) is 6.54 Å². The van der Waals surface area contributed by atoms with Crippen LogP contribution >= 0.6 is 0 Å². The lowest BCUT2D eigenvalue weighted by Gasteiger charge is -2.39. The summed E-state index contributed by atoms with van der Waals surface area (Å²) in [7, 11) is 0. The van der Waals surface area contributed by atoms with Gasteiger partial charge in [0.15, 0.2) is 5.96 Å². The number of piperidine rings is 1. The summed E-state index contributed by atoms with van der Waals surface area (Å²) in [5.74, 6) is 0.629. The smallest absolute Gasteiger partial charge is 0.223 e. The van der Waals surface area contributed by atoms with E-state index < -0.39 is 0 Å².